The molecule has 0 amide bonds. The Hall–Kier alpha value is -6.44. The molecule has 4 N–H and O–H groups in total. The van der Waals surface area contributed by atoms with Gasteiger partial charge in [0.2, 0.25) is 6.29 Å². The third-order valence-electron chi connectivity index (χ3n) is 7.84. The summed E-state index contributed by atoms with van der Waals surface area (Å²) in [5, 5.41) is 30.4. The van der Waals surface area contributed by atoms with E-state index in [9.17, 15) is 39.5 Å². The van der Waals surface area contributed by atoms with Gasteiger partial charge < -0.3 is 34.9 Å². The maximum absolute atomic E-state index is 12.9. The molecule has 0 radical (unpaired) electrons. The van der Waals surface area contributed by atoms with Gasteiger partial charge in [-0.15, -0.1) is 0 Å². The molecule has 1 atom stereocenters. The molecule has 4 aromatic rings. The number of nitrogens with zero attached hydrogens (tertiary/aromatic N) is 1. The summed E-state index contributed by atoms with van der Waals surface area (Å²) >= 11 is 0. The number of anilines is 1. The predicted octanol–water partition coefficient (Wildman–Crippen LogP) is 7.78. The molecule has 0 spiro atoms. The van der Waals surface area contributed by atoms with E-state index in [1.807, 2.05) is 0 Å². The summed E-state index contributed by atoms with van der Waals surface area (Å²) in [6, 6.07) is 17.7. The van der Waals surface area contributed by atoms with Crippen molar-refractivity contribution in [2.24, 2.45) is 0 Å². The van der Waals surface area contributed by atoms with Gasteiger partial charge in [0.25, 0.3) is 0 Å². The summed E-state index contributed by atoms with van der Waals surface area (Å²) in [4.78, 5) is 59.6. The van der Waals surface area contributed by atoms with Crippen LogP contribution in [-0.2, 0) is 4.74 Å². The Morgan fingerprint density at radius 2 is 1.40 bits per heavy atom. The van der Waals surface area contributed by atoms with Crippen LogP contribution in [0.2, 0.25) is 0 Å². The number of nitrogens with two attached hydrogens (primary N) is 1. The van der Waals surface area contributed by atoms with E-state index in [-0.39, 0.29) is 39.8 Å². The predicted molar refractivity (Wildman–Crippen MR) is 189 cm³/mol. The quantitative estimate of drug-likeness (QED) is 0.0171. The van der Waals surface area contributed by atoms with Crippen LogP contribution in [0.25, 0.3) is 11.1 Å². The number of unbranched alkanes of at least 4 members (excludes halogenated alkanes) is 5. The second-order valence-corrected chi connectivity index (χ2v) is 11.7. The number of nitro groups is 1. The lowest BCUT2D eigenvalue weighted by atomic mass is 10.0. The molecule has 0 bridgehead atoms. The van der Waals surface area contributed by atoms with Crippen molar-refractivity contribution in [3.8, 4) is 28.4 Å². The van der Waals surface area contributed by atoms with Crippen LogP contribution in [-0.4, -0.2) is 51.9 Å². The summed E-state index contributed by atoms with van der Waals surface area (Å²) in [5.74, 6) is -4.09. The zero-order chi connectivity index (χ0) is 37.8. The van der Waals surface area contributed by atoms with Crippen molar-refractivity contribution in [3.63, 3.8) is 0 Å². The maximum atomic E-state index is 12.9. The fourth-order valence-corrected chi connectivity index (χ4v) is 5.16. The lowest BCUT2D eigenvalue weighted by Crippen LogP contribution is -2.23. The number of ether oxygens (including phenoxy) is 4. The molecule has 52 heavy (non-hydrogen) atoms. The van der Waals surface area contributed by atoms with Crippen molar-refractivity contribution in [2.75, 3.05) is 12.3 Å². The number of nitrogen functional groups attached to an aromatic ring is 1. The van der Waals surface area contributed by atoms with Crippen molar-refractivity contribution < 1.29 is 53.3 Å². The SMILES string of the molecule is CCCCCCCCOc1cc(N)c(-c2ccc(C(=O)Oc3ccc(OC(C)OC(=O)c4cc(C(=O)O)ccc4C(=O)O)cc3)cc2)cc1[N+](=O)[O-]. The highest BCUT2D eigenvalue weighted by atomic mass is 16.7. The van der Waals surface area contributed by atoms with E-state index in [4.69, 9.17) is 24.7 Å². The van der Waals surface area contributed by atoms with Gasteiger partial charge in [-0.2, -0.15) is 0 Å². The first-order chi connectivity index (χ1) is 24.9. The molecule has 0 aliphatic heterocycles. The number of aromatic carboxylic acids is 2. The highest BCUT2D eigenvalue weighted by Gasteiger charge is 2.23. The highest BCUT2D eigenvalue weighted by Crippen LogP contribution is 2.37. The van der Waals surface area contributed by atoms with E-state index >= 15 is 0 Å². The topological polar surface area (TPSA) is 215 Å². The summed E-state index contributed by atoms with van der Waals surface area (Å²) in [7, 11) is 0. The Kier molecular flexibility index (Phi) is 13.3. The average Bonchev–Trinajstić information content (AvgIpc) is 3.11. The number of hydrogen-bond donors (Lipinski definition) is 3. The maximum Gasteiger partial charge on any atom is 0.343 e. The standard InChI is InChI=1S/C38H38N2O12/c1-3-4-5-6-7-8-19-49-34-22-32(39)30(21-33(34)40(47)48)24-9-11-25(12-10-24)37(45)52-28-16-14-27(15-17-28)50-23(2)51-38(46)31-20-26(35(41)42)13-18-29(31)36(43)44/h9-18,20-23H,3-8,19,39H2,1-2H3,(H,41,42)(H,43,44). The van der Waals surface area contributed by atoms with E-state index in [1.165, 1.54) is 61.9 Å². The smallest absolute Gasteiger partial charge is 0.343 e. The molecule has 0 aromatic heterocycles. The first kappa shape index (κ1) is 38.4. The largest absolute Gasteiger partial charge is 0.487 e. The minimum Gasteiger partial charge on any atom is -0.487 e. The van der Waals surface area contributed by atoms with Crippen LogP contribution in [0.3, 0.4) is 0 Å². The second kappa shape index (κ2) is 18.0. The molecule has 272 valence electrons. The number of carbonyl (C=O) groups is 4. The van der Waals surface area contributed by atoms with Crippen LogP contribution in [0.5, 0.6) is 17.2 Å². The van der Waals surface area contributed by atoms with Gasteiger partial charge >= 0.3 is 29.6 Å². The summed E-state index contributed by atoms with van der Waals surface area (Å²) in [6.45, 7) is 3.87. The third kappa shape index (κ3) is 10.3. The first-order valence-electron chi connectivity index (χ1n) is 16.5. The molecule has 4 aromatic carbocycles. The van der Waals surface area contributed by atoms with Crippen LogP contribution in [0, 0.1) is 10.1 Å². The molecular weight excluding hydrogens is 676 g/mol. The molecule has 0 fully saturated rings. The molecule has 0 saturated heterocycles. The minimum atomic E-state index is -1.44. The fourth-order valence-electron chi connectivity index (χ4n) is 5.16. The van der Waals surface area contributed by atoms with Crippen LogP contribution >= 0.6 is 0 Å². The number of rotatable bonds is 18. The number of carboxylic acids is 2. The van der Waals surface area contributed by atoms with Crippen LogP contribution in [0.4, 0.5) is 11.4 Å². The second-order valence-electron chi connectivity index (χ2n) is 11.7. The zero-order valence-electron chi connectivity index (χ0n) is 28.5. The first-order valence-corrected chi connectivity index (χ1v) is 16.5. The molecule has 14 heteroatoms. The van der Waals surface area contributed by atoms with Gasteiger partial charge in [-0.1, -0.05) is 51.2 Å². The lowest BCUT2D eigenvalue weighted by molar-refractivity contribution is -0.385. The van der Waals surface area contributed by atoms with Crippen LogP contribution in [0.15, 0.2) is 78.9 Å². The van der Waals surface area contributed by atoms with Gasteiger partial charge in [-0.25, -0.2) is 19.2 Å². The van der Waals surface area contributed by atoms with Crippen LogP contribution < -0.4 is 19.9 Å². The van der Waals surface area contributed by atoms with Crippen LogP contribution in [0.1, 0.15) is 93.8 Å². The van der Waals surface area contributed by atoms with Gasteiger partial charge in [0.15, 0.2) is 5.75 Å². The summed E-state index contributed by atoms with van der Waals surface area (Å²) < 4.78 is 21.9. The Labute approximate surface area is 298 Å². The van der Waals surface area contributed by atoms with Crippen molar-refractivity contribution in [3.05, 3.63) is 111 Å². The number of esters is 2. The monoisotopic (exact) mass is 714 g/mol. The van der Waals surface area contributed by atoms with E-state index in [0.29, 0.717) is 17.7 Å². The van der Waals surface area contributed by atoms with Gasteiger partial charge in [-0.3, -0.25) is 10.1 Å². The lowest BCUT2D eigenvalue weighted by Gasteiger charge is -2.16. The van der Waals surface area contributed by atoms with Gasteiger partial charge in [0.1, 0.15) is 11.5 Å². The Balaban J connectivity index is 1.35. The van der Waals surface area contributed by atoms with Crippen molar-refractivity contribution in [2.45, 2.75) is 58.7 Å². The van der Waals surface area contributed by atoms with Gasteiger partial charge in [0.05, 0.1) is 33.8 Å². The fraction of sp³-hybridized carbons (Fsp3) is 0.263. The normalized spacial score (nSPS) is 11.3. The molecule has 0 aliphatic carbocycles. The molecular formula is C38H38N2O12. The van der Waals surface area contributed by atoms with Gasteiger partial charge in [-0.05, 0) is 66.6 Å². The highest BCUT2D eigenvalue weighted by molar-refractivity contribution is 6.04. The molecule has 0 aliphatic rings. The number of hydrogen-bond acceptors (Lipinski definition) is 11. The molecule has 1 unspecified atom stereocenters. The van der Waals surface area contributed by atoms with E-state index in [2.05, 4.69) is 6.92 Å². The molecule has 0 saturated carbocycles. The number of carbonyl (C=O) groups excluding carboxylic acids is 2. The number of nitro benzene ring substituents is 1. The average molecular weight is 715 g/mol. The van der Waals surface area contributed by atoms with Gasteiger partial charge in [0, 0.05) is 30.3 Å². The number of carboxylic acid groups (broad SMARTS) is 2. The molecule has 14 nitrogen and oxygen atoms in total. The van der Waals surface area contributed by atoms with E-state index in [0.717, 1.165) is 50.3 Å². The van der Waals surface area contributed by atoms with Crippen molar-refractivity contribution >= 4 is 35.3 Å². The molecule has 4 rings (SSSR count). The Morgan fingerprint density at radius 1 is 0.769 bits per heavy atom. The van der Waals surface area contributed by atoms with Crippen molar-refractivity contribution in [1.82, 2.24) is 0 Å². The Bertz CT molecular complexity index is 1920. The van der Waals surface area contributed by atoms with Crippen molar-refractivity contribution in [1.29, 1.82) is 0 Å². The third-order valence-corrected chi connectivity index (χ3v) is 7.84. The minimum absolute atomic E-state index is 0.101. The Morgan fingerprint density at radius 3 is 2.04 bits per heavy atom. The van der Waals surface area contributed by atoms with E-state index in [1.54, 1.807) is 12.1 Å². The molecule has 0 heterocycles. The number of benzene rings is 4. The summed E-state index contributed by atoms with van der Waals surface area (Å²) in [6.07, 6.45) is 5.11. The zero-order valence-corrected chi connectivity index (χ0v) is 28.5. The summed E-state index contributed by atoms with van der Waals surface area (Å²) in [5.41, 5.74) is 6.30. The van der Waals surface area contributed by atoms with E-state index < -0.39 is 46.2 Å².